The lowest BCUT2D eigenvalue weighted by Crippen LogP contribution is -2.37. The summed E-state index contributed by atoms with van der Waals surface area (Å²) in [7, 11) is 0. The van der Waals surface area contributed by atoms with E-state index in [1.165, 1.54) is 6.07 Å². The quantitative estimate of drug-likeness (QED) is 0.834. The van der Waals surface area contributed by atoms with Gasteiger partial charge in [0.15, 0.2) is 0 Å². The van der Waals surface area contributed by atoms with E-state index in [1.807, 2.05) is 6.92 Å². The number of fused-ring (bicyclic) bond motifs is 1. The van der Waals surface area contributed by atoms with Gasteiger partial charge >= 0.3 is 0 Å². The monoisotopic (exact) mass is 381 g/mol. The van der Waals surface area contributed by atoms with Gasteiger partial charge in [-0.25, -0.2) is 4.39 Å². The van der Waals surface area contributed by atoms with Crippen molar-refractivity contribution in [2.45, 2.75) is 38.6 Å². The third-order valence-corrected chi connectivity index (χ3v) is 5.29. The second kappa shape index (κ2) is 7.62. The number of halogens is 1. The minimum Gasteiger partial charge on any atom is -0.360 e. The number of rotatable bonds is 5. The fourth-order valence-corrected chi connectivity index (χ4v) is 3.69. The van der Waals surface area contributed by atoms with Crippen molar-refractivity contribution in [3.63, 3.8) is 0 Å². The first-order chi connectivity index (χ1) is 13.5. The van der Waals surface area contributed by atoms with Gasteiger partial charge in [0.2, 0.25) is 5.91 Å². The molecule has 5 nitrogen and oxygen atoms in total. The SMILES string of the molecule is Cc1ccc(F)c2c1CCCN2CC(=O)Nc1cccc(C(=O)NC2CC2)c1. The predicted molar refractivity (Wildman–Crippen MR) is 107 cm³/mol. The molecule has 2 amide bonds. The molecule has 0 atom stereocenters. The number of anilines is 2. The van der Waals surface area contributed by atoms with Crippen LogP contribution in [0.25, 0.3) is 0 Å². The van der Waals surface area contributed by atoms with Crippen LogP contribution in [0, 0.1) is 12.7 Å². The molecule has 1 heterocycles. The van der Waals surface area contributed by atoms with Crippen LogP contribution < -0.4 is 15.5 Å². The Balaban J connectivity index is 1.44. The smallest absolute Gasteiger partial charge is 0.251 e. The summed E-state index contributed by atoms with van der Waals surface area (Å²) < 4.78 is 14.4. The van der Waals surface area contributed by atoms with Crippen molar-refractivity contribution >= 4 is 23.2 Å². The van der Waals surface area contributed by atoms with E-state index in [4.69, 9.17) is 0 Å². The summed E-state index contributed by atoms with van der Waals surface area (Å²) in [6.45, 7) is 2.69. The minimum absolute atomic E-state index is 0.0753. The maximum absolute atomic E-state index is 14.4. The average Bonchev–Trinajstić information content (AvgIpc) is 3.49. The van der Waals surface area contributed by atoms with Crippen LogP contribution >= 0.6 is 0 Å². The average molecular weight is 381 g/mol. The molecule has 6 heteroatoms. The molecule has 0 radical (unpaired) electrons. The summed E-state index contributed by atoms with van der Waals surface area (Å²) >= 11 is 0. The molecule has 2 aromatic carbocycles. The van der Waals surface area contributed by atoms with Gasteiger partial charge in [0.05, 0.1) is 12.2 Å². The van der Waals surface area contributed by atoms with Crippen LogP contribution in [0.2, 0.25) is 0 Å². The molecule has 1 saturated carbocycles. The van der Waals surface area contributed by atoms with Crippen LogP contribution in [0.15, 0.2) is 36.4 Å². The number of hydrogen-bond donors (Lipinski definition) is 2. The van der Waals surface area contributed by atoms with Crippen LogP contribution in [0.5, 0.6) is 0 Å². The number of hydrogen-bond acceptors (Lipinski definition) is 3. The first-order valence-electron chi connectivity index (χ1n) is 9.75. The topological polar surface area (TPSA) is 61.4 Å². The largest absolute Gasteiger partial charge is 0.360 e. The van der Waals surface area contributed by atoms with Gasteiger partial charge in [-0.3, -0.25) is 9.59 Å². The van der Waals surface area contributed by atoms with E-state index in [0.717, 1.165) is 36.8 Å². The van der Waals surface area contributed by atoms with E-state index in [9.17, 15) is 14.0 Å². The molecule has 0 saturated heterocycles. The highest BCUT2D eigenvalue weighted by atomic mass is 19.1. The van der Waals surface area contributed by atoms with Gasteiger partial charge in [-0.15, -0.1) is 0 Å². The van der Waals surface area contributed by atoms with Crippen molar-refractivity contribution in [2.75, 3.05) is 23.3 Å². The Kier molecular flexibility index (Phi) is 5.03. The van der Waals surface area contributed by atoms with E-state index in [2.05, 4.69) is 10.6 Å². The molecule has 1 fully saturated rings. The summed E-state index contributed by atoms with van der Waals surface area (Å²) in [6, 6.07) is 10.4. The number of amides is 2. The number of carbonyl (C=O) groups excluding carboxylic acids is 2. The molecule has 0 spiro atoms. The number of nitrogens with zero attached hydrogens (tertiary/aromatic N) is 1. The molecular weight excluding hydrogens is 357 g/mol. The van der Waals surface area contributed by atoms with Crippen molar-refractivity contribution in [3.8, 4) is 0 Å². The van der Waals surface area contributed by atoms with E-state index >= 15 is 0 Å². The van der Waals surface area contributed by atoms with Gasteiger partial charge in [0.25, 0.3) is 5.91 Å². The van der Waals surface area contributed by atoms with Gasteiger partial charge in [-0.05, 0) is 68.0 Å². The Morgan fingerprint density at radius 3 is 2.82 bits per heavy atom. The number of nitrogens with one attached hydrogen (secondary N) is 2. The summed E-state index contributed by atoms with van der Waals surface area (Å²) in [5.41, 5.74) is 3.66. The molecule has 1 aliphatic heterocycles. The summed E-state index contributed by atoms with van der Waals surface area (Å²) in [4.78, 5) is 26.6. The Morgan fingerprint density at radius 1 is 1.21 bits per heavy atom. The molecule has 0 unspecified atom stereocenters. The molecule has 2 aromatic rings. The Labute approximate surface area is 163 Å². The lowest BCUT2D eigenvalue weighted by atomic mass is 9.96. The van der Waals surface area contributed by atoms with Gasteiger partial charge in [-0.1, -0.05) is 12.1 Å². The van der Waals surface area contributed by atoms with Crippen LogP contribution in [-0.4, -0.2) is 30.9 Å². The lowest BCUT2D eigenvalue weighted by molar-refractivity contribution is -0.115. The van der Waals surface area contributed by atoms with Crippen molar-refractivity contribution in [1.82, 2.24) is 5.32 Å². The molecular formula is C22H24FN3O2. The Bertz CT molecular complexity index is 924. The molecule has 0 aromatic heterocycles. The van der Waals surface area contributed by atoms with Crippen LogP contribution in [0.4, 0.5) is 15.8 Å². The zero-order chi connectivity index (χ0) is 19.7. The predicted octanol–water partition coefficient (Wildman–Crippen LogP) is 3.42. The van der Waals surface area contributed by atoms with Crippen molar-refractivity contribution in [3.05, 3.63) is 58.9 Å². The molecule has 1 aliphatic carbocycles. The Hall–Kier alpha value is -2.89. The zero-order valence-electron chi connectivity index (χ0n) is 15.9. The maximum Gasteiger partial charge on any atom is 0.251 e. The normalized spacial score (nSPS) is 15.7. The van der Waals surface area contributed by atoms with Crippen LogP contribution in [0.3, 0.4) is 0 Å². The van der Waals surface area contributed by atoms with E-state index in [-0.39, 0.29) is 30.2 Å². The van der Waals surface area contributed by atoms with Crippen molar-refractivity contribution in [2.24, 2.45) is 0 Å². The summed E-state index contributed by atoms with van der Waals surface area (Å²) in [6.07, 6.45) is 3.77. The summed E-state index contributed by atoms with van der Waals surface area (Å²) in [5.74, 6) is -0.638. The van der Waals surface area contributed by atoms with Crippen molar-refractivity contribution in [1.29, 1.82) is 0 Å². The van der Waals surface area contributed by atoms with Gasteiger partial charge in [0.1, 0.15) is 5.82 Å². The van der Waals surface area contributed by atoms with Crippen LogP contribution in [0.1, 0.15) is 40.7 Å². The molecule has 4 rings (SSSR count). The molecule has 28 heavy (non-hydrogen) atoms. The van der Waals surface area contributed by atoms with Gasteiger partial charge in [-0.2, -0.15) is 0 Å². The number of aryl methyl sites for hydroxylation is 1. The number of benzene rings is 2. The van der Waals surface area contributed by atoms with Crippen molar-refractivity contribution < 1.29 is 14.0 Å². The van der Waals surface area contributed by atoms with Gasteiger partial charge < -0.3 is 15.5 Å². The lowest BCUT2D eigenvalue weighted by Gasteiger charge is -2.32. The molecule has 2 N–H and O–H groups in total. The number of carbonyl (C=O) groups is 2. The third-order valence-electron chi connectivity index (χ3n) is 5.29. The highest BCUT2D eigenvalue weighted by molar-refractivity contribution is 5.98. The summed E-state index contributed by atoms with van der Waals surface area (Å²) in [5, 5.41) is 5.77. The fraction of sp³-hybridized carbons (Fsp3) is 0.364. The second-order valence-corrected chi connectivity index (χ2v) is 7.59. The van der Waals surface area contributed by atoms with E-state index in [1.54, 1.807) is 35.2 Å². The molecule has 146 valence electrons. The van der Waals surface area contributed by atoms with Crippen LogP contribution in [-0.2, 0) is 11.2 Å². The Morgan fingerprint density at radius 2 is 2.04 bits per heavy atom. The van der Waals surface area contributed by atoms with E-state index in [0.29, 0.717) is 23.5 Å². The third kappa shape index (κ3) is 4.01. The molecule has 2 aliphatic rings. The fourth-order valence-electron chi connectivity index (χ4n) is 3.69. The highest BCUT2D eigenvalue weighted by Crippen LogP contribution is 2.32. The zero-order valence-corrected chi connectivity index (χ0v) is 15.9. The highest BCUT2D eigenvalue weighted by Gasteiger charge is 2.25. The standard InChI is InChI=1S/C22H24FN3O2/c1-14-7-10-19(23)21-18(14)6-3-11-26(21)13-20(27)24-17-5-2-4-15(12-17)22(28)25-16-8-9-16/h2,4-5,7,10,12,16H,3,6,8-9,11,13H2,1H3,(H,24,27)(H,25,28). The first kappa shape index (κ1) is 18.5. The van der Waals surface area contributed by atoms with E-state index < -0.39 is 0 Å². The molecule has 0 bridgehead atoms. The minimum atomic E-state index is -0.285. The first-order valence-corrected chi connectivity index (χ1v) is 9.75. The van der Waals surface area contributed by atoms with Gasteiger partial charge in [0, 0.05) is 23.8 Å². The maximum atomic E-state index is 14.4. The second-order valence-electron chi connectivity index (χ2n) is 7.59.